The summed E-state index contributed by atoms with van der Waals surface area (Å²) in [7, 11) is 4.87. The number of carbonyl (C=O) groups excluding carboxylic acids is 10. The summed E-state index contributed by atoms with van der Waals surface area (Å²) in [5.41, 5.74) is 4.84. The van der Waals surface area contributed by atoms with Crippen LogP contribution in [0.2, 0.25) is 0 Å². The zero-order valence-electron chi connectivity index (χ0n) is 49.7. The number of aromatic nitrogens is 1. The number of nitrogens with one attached hydrogen (secondary N) is 5. The molecule has 1 aromatic heterocycles. The number of likely N-dealkylation sites (N-methyl/N-ethyl adjacent to an activating group) is 2. The Bertz CT molecular complexity index is 2830. The van der Waals surface area contributed by atoms with Gasteiger partial charge in [0.15, 0.2) is 0 Å². The molecule has 0 spiro atoms. The van der Waals surface area contributed by atoms with Crippen molar-refractivity contribution in [3.8, 4) is 0 Å². The maximum absolute atomic E-state index is 15.2. The van der Waals surface area contributed by atoms with Crippen molar-refractivity contribution in [3.05, 3.63) is 77.5 Å². The number of hydrogen-bond acceptors (Lipinski definition) is 13. The number of carbonyl (C=O) groups is 10. The number of amides is 10. The topological polar surface area (TPSA) is 299 Å². The Morgan fingerprint density at radius 1 is 0.778 bits per heavy atom. The second kappa shape index (κ2) is 27.5. The fourth-order valence-corrected chi connectivity index (χ4v) is 9.38. The predicted octanol–water partition coefficient (Wildman–Crippen LogP) is 6.08. The highest BCUT2D eigenvalue weighted by atomic mass is 16.7. The first-order chi connectivity index (χ1) is 37.5. The summed E-state index contributed by atoms with van der Waals surface area (Å²) in [6.07, 6.45) is 1.94. The molecule has 5 atom stereocenters. The van der Waals surface area contributed by atoms with E-state index in [0.717, 1.165) is 16.5 Å². The van der Waals surface area contributed by atoms with Gasteiger partial charge in [0.2, 0.25) is 23.6 Å². The van der Waals surface area contributed by atoms with Gasteiger partial charge in [-0.2, -0.15) is 0 Å². The maximum Gasteiger partial charge on any atom is 0.410 e. The van der Waals surface area contributed by atoms with Crippen LogP contribution in [-0.4, -0.2) is 136 Å². The Balaban J connectivity index is 1.59. The summed E-state index contributed by atoms with van der Waals surface area (Å²) in [5.74, 6) is -5.27. The first-order valence-electron chi connectivity index (χ1n) is 27.1. The van der Waals surface area contributed by atoms with Gasteiger partial charge >= 0.3 is 24.2 Å². The third-order valence-electron chi connectivity index (χ3n) is 13.8. The molecule has 0 unspecified atom stereocenters. The molecule has 23 heteroatoms. The molecule has 0 saturated carbocycles. The lowest BCUT2D eigenvalue weighted by Gasteiger charge is -2.42. The predicted molar refractivity (Wildman–Crippen MR) is 303 cm³/mol. The third kappa shape index (κ3) is 17.8. The lowest BCUT2D eigenvalue weighted by molar-refractivity contribution is -0.194. The molecule has 0 bridgehead atoms. The van der Waals surface area contributed by atoms with Crippen molar-refractivity contribution in [2.45, 2.75) is 164 Å². The molecule has 1 aliphatic rings. The molecule has 4 rings (SSSR count). The minimum absolute atomic E-state index is 0.0421. The Morgan fingerprint density at radius 3 is 1.94 bits per heavy atom. The number of ether oxygens (including phenoxy) is 2. The van der Waals surface area contributed by atoms with Crippen molar-refractivity contribution in [3.63, 3.8) is 0 Å². The van der Waals surface area contributed by atoms with E-state index < -0.39 is 112 Å². The SMILES string of the molecule is C/C(=C\[C@H](C(C)C)N(C)C(=O)[C@@H](NC(=O)[C@@H](N(C)C(=O)OCc1ccc(NC(=O)[C@H](CCCNC(N)=O)NC(=O)[C@@H](NC(=O)OC(C)(C)C)C(C)C)cc1)C(C)(C)c1cn(C)c2ccccc12)C(C)(C)C)C(=O)ON1C(=O)CCC1=O. The van der Waals surface area contributed by atoms with E-state index in [-0.39, 0.29) is 50.3 Å². The summed E-state index contributed by atoms with van der Waals surface area (Å²) in [6.45, 7) is 22.5. The first kappa shape index (κ1) is 65.5. The minimum Gasteiger partial charge on any atom is -0.445 e. The van der Waals surface area contributed by atoms with Crippen LogP contribution < -0.4 is 32.3 Å². The van der Waals surface area contributed by atoms with Crippen molar-refractivity contribution < 1.29 is 62.3 Å². The van der Waals surface area contributed by atoms with E-state index in [9.17, 15) is 43.2 Å². The number of nitrogens with two attached hydrogens (primary N) is 1. The van der Waals surface area contributed by atoms with Crippen LogP contribution in [0.25, 0.3) is 10.9 Å². The van der Waals surface area contributed by atoms with Crippen molar-refractivity contribution in [2.75, 3.05) is 26.0 Å². The lowest BCUT2D eigenvalue weighted by atomic mass is 9.76. The monoisotopic (exact) mass is 1130 g/mol. The molecule has 10 amide bonds. The summed E-state index contributed by atoms with van der Waals surface area (Å²) in [6, 6.07) is 7.89. The number of aryl methyl sites for hydroxylation is 1. The molecule has 7 N–H and O–H groups in total. The molecule has 2 heterocycles. The fraction of sp³-hybridized carbons (Fsp3) is 0.552. The highest BCUT2D eigenvalue weighted by Crippen LogP contribution is 2.37. The van der Waals surface area contributed by atoms with Gasteiger partial charge in [-0.25, -0.2) is 19.2 Å². The molecule has 444 valence electrons. The number of alkyl carbamates (subject to hydrolysis) is 1. The standard InChI is InChI=1S/C58H84N10O13/c1-33(2)42(30-35(5)52(75)81-68-43(69)27-28-44(68)70)66(15)51(74)46(56(6,7)8)64-50(73)47(58(12,13)39-31-65(14)41-22-18-17-20-38(39)41)67(16)55(78)79-32-36-23-25-37(26-24-36)61-48(71)40(21-19-29-60-53(59)76)62-49(72)45(34(3)4)63-54(77)80-57(9,10)11/h17-18,20,22-26,30-31,33-34,40,42,45-47H,19,21,27-29,32H2,1-16H3,(H,61,71)(H,62,72)(H,63,77)(H,64,73)(H3,59,60,76)/b35-30+/t40-,42+,45-,46+,47+/m0/s1. The van der Waals surface area contributed by atoms with E-state index in [2.05, 4.69) is 26.6 Å². The number of imide groups is 1. The van der Waals surface area contributed by atoms with Gasteiger partial charge < -0.3 is 56.1 Å². The second-order valence-corrected chi connectivity index (χ2v) is 23.8. The van der Waals surface area contributed by atoms with Crippen LogP contribution in [0.4, 0.5) is 20.1 Å². The number of urea groups is 1. The van der Waals surface area contributed by atoms with Crippen molar-refractivity contribution >= 4 is 76.2 Å². The maximum atomic E-state index is 15.2. The first-order valence-corrected chi connectivity index (χ1v) is 27.1. The number of para-hydroxylation sites is 1. The number of hydroxylamine groups is 2. The Kier molecular flexibility index (Phi) is 22.2. The van der Waals surface area contributed by atoms with Gasteiger partial charge in [0.1, 0.15) is 36.4 Å². The van der Waals surface area contributed by atoms with Crippen molar-refractivity contribution in [2.24, 2.45) is 30.0 Å². The molecule has 1 fully saturated rings. The van der Waals surface area contributed by atoms with E-state index in [0.29, 0.717) is 16.3 Å². The molecule has 0 radical (unpaired) electrons. The molecular weight excluding hydrogens is 1040 g/mol. The molecule has 1 aliphatic heterocycles. The van der Waals surface area contributed by atoms with Gasteiger partial charge in [-0.15, -0.1) is 5.06 Å². The Labute approximate surface area is 474 Å². The van der Waals surface area contributed by atoms with E-state index in [1.807, 2.05) is 69.8 Å². The number of fused-ring (bicyclic) bond motifs is 1. The highest BCUT2D eigenvalue weighted by Gasteiger charge is 2.47. The van der Waals surface area contributed by atoms with Crippen LogP contribution in [0.3, 0.4) is 0 Å². The minimum atomic E-state index is -1.30. The van der Waals surface area contributed by atoms with Gasteiger partial charge in [0.25, 0.3) is 11.8 Å². The van der Waals surface area contributed by atoms with Gasteiger partial charge in [-0.1, -0.05) is 98.7 Å². The molecule has 2 aromatic carbocycles. The molecule has 1 saturated heterocycles. The number of benzene rings is 2. The quantitative estimate of drug-likeness (QED) is 0.0357. The number of anilines is 1. The van der Waals surface area contributed by atoms with Crippen molar-refractivity contribution in [1.29, 1.82) is 0 Å². The summed E-state index contributed by atoms with van der Waals surface area (Å²) in [5, 5.41) is 14.9. The largest absolute Gasteiger partial charge is 0.445 e. The van der Waals surface area contributed by atoms with E-state index in [1.165, 1.54) is 29.8 Å². The van der Waals surface area contributed by atoms with Crippen LogP contribution in [-0.2, 0) is 66.9 Å². The van der Waals surface area contributed by atoms with Crippen LogP contribution in [0.1, 0.15) is 127 Å². The average Bonchev–Trinajstić information content (AvgIpc) is 4.17. The normalized spacial score (nSPS) is 15.0. The van der Waals surface area contributed by atoms with E-state index in [4.69, 9.17) is 20.0 Å². The number of hydrogen-bond donors (Lipinski definition) is 6. The molecule has 23 nitrogen and oxygen atoms in total. The number of nitrogens with zero attached hydrogens (tertiary/aromatic N) is 4. The fourth-order valence-electron chi connectivity index (χ4n) is 9.38. The summed E-state index contributed by atoms with van der Waals surface area (Å²) in [4.78, 5) is 141. The Hall–Kier alpha value is -7.98. The smallest absolute Gasteiger partial charge is 0.410 e. The van der Waals surface area contributed by atoms with Crippen LogP contribution in [0.5, 0.6) is 0 Å². The van der Waals surface area contributed by atoms with Crippen molar-refractivity contribution in [1.82, 2.24) is 40.7 Å². The third-order valence-corrected chi connectivity index (χ3v) is 13.8. The summed E-state index contributed by atoms with van der Waals surface area (Å²) < 4.78 is 13.1. The van der Waals surface area contributed by atoms with Crippen LogP contribution in [0.15, 0.2) is 66.4 Å². The van der Waals surface area contributed by atoms with Gasteiger partial charge in [-0.3, -0.25) is 33.7 Å². The van der Waals surface area contributed by atoms with E-state index in [1.54, 1.807) is 86.7 Å². The van der Waals surface area contributed by atoms with Gasteiger partial charge in [0.05, 0.1) is 6.04 Å². The molecular formula is C58H84N10O13. The number of primary amides is 1. The molecule has 81 heavy (non-hydrogen) atoms. The Morgan fingerprint density at radius 2 is 1.38 bits per heavy atom. The van der Waals surface area contributed by atoms with Crippen LogP contribution >= 0.6 is 0 Å². The molecule has 0 aliphatic carbocycles. The average molecular weight is 1130 g/mol. The van der Waals surface area contributed by atoms with Gasteiger partial charge in [0, 0.05) is 74.3 Å². The number of rotatable bonds is 23. The van der Waals surface area contributed by atoms with Gasteiger partial charge in [-0.05, 0) is 87.1 Å². The second-order valence-electron chi connectivity index (χ2n) is 23.8. The van der Waals surface area contributed by atoms with E-state index >= 15 is 4.79 Å². The zero-order valence-corrected chi connectivity index (χ0v) is 49.7. The lowest BCUT2D eigenvalue weighted by Crippen LogP contribution is -2.63. The van der Waals surface area contributed by atoms with Crippen LogP contribution in [0, 0.1) is 17.3 Å². The zero-order chi connectivity index (χ0) is 61.1. The summed E-state index contributed by atoms with van der Waals surface area (Å²) >= 11 is 0. The highest BCUT2D eigenvalue weighted by molar-refractivity contribution is 6.03. The molecule has 3 aromatic rings.